The molecule has 2 aromatic carbocycles. The fourth-order valence-corrected chi connectivity index (χ4v) is 4.17. The number of hydrogen-bond donors (Lipinski definition) is 1. The molecule has 5 rings (SSSR count). The van der Waals surface area contributed by atoms with E-state index in [0.29, 0.717) is 29.7 Å². The zero-order valence-corrected chi connectivity index (χ0v) is 15.9. The highest BCUT2D eigenvalue weighted by Crippen LogP contribution is 2.36. The van der Waals surface area contributed by atoms with Crippen molar-refractivity contribution in [2.45, 2.75) is 26.2 Å². The number of para-hydroxylation sites is 2. The molecular formula is C23H22N4O. The molecule has 5 heteroatoms. The second-order valence-electron chi connectivity index (χ2n) is 7.65. The fraction of sp³-hybridized carbons (Fsp3) is 0.261. The minimum atomic E-state index is 0.126. The van der Waals surface area contributed by atoms with Gasteiger partial charge in [0.15, 0.2) is 5.78 Å². The van der Waals surface area contributed by atoms with Crippen LogP contribution < -0.4 is 10.2 Å². The highest BCUT2D eigenvalue weighted by molar-refractivity contribution is 6.03. The van der Waals surface area contributed by atoms with Crippen LogP contribution in [0.3, 0.4) is 0 Å². The Labute approximate surface area is 164 Å². The summed E-state index contributed by atoms with van der Waals surface area (Å²) >= 11 is 0. The highest BCUT2D eigenvalue weighted by atomic mass is 16.1. The molecule has 2 aliphatic rings. The lowest BCUT2D eigenvalue weighted by Gasteiger charge is -2.25. The van der Waals surface area contributed by atoms with Gasteiger partial charge in [0, 0.05) is 24.3 Å². The van der Waals surface area contributed by atoms with Crippen molar-refractivity contribution in [1.29, 1.82) is 0 Å². The first-order valence-electron chi connectivity index (χ1n) is 9.80. The lowest BCUT2D eigenvalue weighted by molar-refractivity contribution is 0.0952. The SMILES string of the molecule is CC1CC(=O)c2c(nc(N3CCc4ccccc43)nc2Nc2ccccc2)C1. The van der Waals surface area contributed by atoms with Gasteiger partial charge in [0.25, 0.3) is 0 Å². The molecular weight excluding hydrogens is 348 g/mol. The first-order valence-corrected chi connectivity index (χ1v) is 9.80. The molecule has 0 spiro atoms. The maximum atomic E-state index is 12.8. The third-order valence-electron chi connectivity index (χ3n) is 5.49. The molecule has 1 aromatic heterocycles. The van der Waals surface area contributed by atoms with Gasteiger partial charge in [-0.2, -0.15) is 4.98 Å². The monoisotopic (exact) mass is 370 g/mol. The van der Waals surface area contributed by atoms with Crippen LogP contribution in [0.15, 0.2) is 54.6 Å². The van der Waals surface area contributed by atoms with E-state index in [4.69, 9.17) is 9.97 Å². The van der Waals surface area contributed by atoms with Crippen LogP contribution in [0, 0.1) is 5.92 Å². The van der Waals surface area contributed by atoms with Gasteiger partial charge < -0.3 is 10.2 Å². The number of nitrogens with one attached hydrogen (secondary N) is 1. The molecule has 1 aliphatic carbocycles. The number of Topliss-reactive ketones (excluding diaryl/α,β-unsaturated/α-hetero) is 1. The summed E-state index contributed by atoms with van der Waals surface area (Å²) in [5.41, 5.74) is 4.89. The number of ketones is 1. The highest BCUT2D eigenvalue weighted by Gasteiger charge is 2.30. The quantitative estimate of drug-likeness (QED) is 0.725. The number of rotatable bonds is 3. The summed E-state index contributed by atoms with van der Waals surface area (Å²) in [6.07, 6.45) is 2.33. The smallest absolute Gasteiger partial charge is 0.232 e. The van der Waals surface area contributed by atoms with Gasteiger partial charge in [-0.25, -0.2) is 4.98 Å². The molecule has 0 fully saturated rings. The molecule has 3 aromatic rings. The minimum Gasteiger partial charge on any atom is -0.339 e. The van der Waals surface area contributed by atoms with E-state index in [1.165, 1.54) is 5.56 Å². The topological polar surface area (TPSA) is 58.1 Å². The Kier molecular flexibility index (Phi) is 4.08. The summed E-state index contributed by atoms with van der Waals surface area (Å²) in [5.74, 6) is 1.72. The standard InChI is InChI=1S/C23H22N4O/c1-15-13-18-21(20(28)14-15)22(24-17-8-3-2-4-9-17)26-23(25-18)27-12-11-16-7-5-6-10-19(16)27/h2-10,15H,11-14H2,1H3,(H,24,25,26). The van der Waals surface area contributed by atoms with Crippen molar-refractivity contribution in [3.63, 3.8) is 0 Å². The van der Waals surface area contributed by atoms with Crippen LogP contribution in [0.1, 0.15) is 35.0 Å². The third-order valence-corrected chi connectivity index (χ3v) is 5.49. The molecule has 28 heavy (non-hydrogen) atoms. The van der Waals surface area contributed by atoms with E-state index in [9.17, 15) is 4.79 Å². The number of anilines is 4. The van der Waals surface area contributed by atoms with E-state index in [2.05, 4.69) is 35.3 Å². The summed E-state index contributed by atoms with van der Waals surface area (Å²) in [6.45, 7) is 2.96. The van der Waals surface area contributed by atoms with Crippen molar-refractivity contribution in [3.8, 4) is 0 Å². The van der Waals surface area contributed by atoms with Gasteiger partial charge in [-0.3, -0.25) is 4.79 Å². The number of aromatic nitrogens is 2. The lowest BCUT2D eigenvalue weighted by Crippen LogP contribution is -2.25. The summed E-state index contributed by atoms with van der Waals surface area (Å²) in [4.78, 5) is 24.6. The molecule has 0 saturated heterocycles. The van der Waals surface area contributed by atoms with E-state index in [1.54, 1.807) is 0 Å². The van der Waals surface area contributed by atoms with Crippen LogP contribution in [-0.2, 0) is 12.8 Å². The fourth-order valence-electron chi connectivity index (χ4n) is 4.17. The van der Waals surface area contributed by atoms with Crippen molar-refractivity contribution < 1.29 is 4.79 Å². The maximum absolute atomic E-state index is 12.8. The largest absolute Gasteiger partial charge is 0.339 e. The van der Waals surface area contributed by atoms with Crippen molar-refractivity contribution in [2.24, 2.45) is 5.92 Å². The van der Waals surface area contributed by atoms with Crippen LogP contribution in [0.2, 0.25) is 0 Å². The van der Waals surface area contributed by atoms with Crippen LogP contribution in [0.25, 0.3) is 0 Å². The predicted molar refractivity (Wildman–Crippen MR) is 111 cm³/mol. The zero-order valence-electron chi connectivity index (χ0n) is 15.9. The summed E-state index contributed by atoms with van der Waals surface area (Å²) in [5, 5.41) is 3.37. The van der Waals surface area contributed by atoms with Crippen LogP contribution in [-0.4, -0.2) is 22.3 Å². The predicted octanol–water partition coefficient (Wildman–Crippen LogP) is 4.68. The summed E-state index contributed by atoms with van der Waals surface area (Å²) < 4.78 is 0. The molecule has 1 unspecified atom stereocenters. The molecule has 1 atom stereocenters. The lowest BCUT2D eigenvalue weighted by atomic mass is 9.87. The Hall–Kier alpha value is -3.21. The van der Waals surface area contributed by atoms with Crippen molar-refractivity contribution >= 4 is 28.9 Å². The average Bonchev–Trinajstić information content (AvgIpc) is 3.12. The van der Waals surface area contributed by atoms with Gasteiger partial charge in [-0.05, 0) is 42.5 Å². The van der Waals surface area contributed by atoms with Gasteiger partial charge >= 0.3 is 0 Å². The molecule has 1 N–H and O–H groups in total. The Morgan fingerprint density at radius 2 is 1.79 bits per heavy atom. The van der Waals surface area contributed by atoms with E-state index in [-0.39, 0.29) is 5.78 Å². The first-order chi connectivity index (χ1) is 13.7. The minimum absolute atomic E-state index is 0.126. The number of benzene rings is 2. The Morgan fingerprint density at radius 1 is 1.00 bits per heavy atom. The number of nitrogens with zero attached hydrogens (tertiary/aromatic N) is 3. The second kappa shape index (κ2) is 6.75. The first kappa shape index (κ1) is 16.9. The Bertz CT molecular complexity index is 1050. The normalized spacial score (nSPS) is 18.0. The summed E-state index contributed by atoms with van der Waals surface area (Å²) in [7, 11) is 0. The van der Waals surface area contributed by atoms with Gasteiger partial charge in [-0.1, -0.05) is 43.3 Å². The molecule has 0 saturated carbocycles. The molecule has 1 aliphatic heterocycles. The van der Waals surface area contributed by atoms with Crippen molar-refractivity contribution in [1.82, 2.24) is 9.97 Å². The molecule has 2 heterocycles. The third kappa shape index (κ3) is 2.93. The van der Waals surface area contributed by atoms with Gasteiger partial charge in [0.1, 0.15) is 5.82 Å². The van der Waals surface area contributed by atoms with Gasteiger partial charge in [0.2, 0.25) is 5.95 Å². The molecule has 5 nitrogen and oxygen atoms in total. The van der Waals surface area contributed by atoms with Crippen LogP contribution in [0.5, 0.6) is 0 Å². The number of hydrogen-bond acceptors (Lipinski definition) is 5. The van der Waals surface area contributed by atoms with Gasteiger partial charge in [0.05, 0.1) is 11.3 Å². The molecule has 0 radical (unpaired) electrons. The Balaban J connectivity index is 1.62. The van der Waals surface area contributed by atoms with Crippen molar-refractivity contribution in [2.75, 3.05) is 16.8 Å². The Morgan fingerprint density at radius 3 is 2.64 bits per heavy atom. The summed E-state index contributed by atoms with van der Waals surface area (Å²) in [6, 6.07) is 18.3. The van der Waals surface area contributed by atoms with E-state index >= 15 is 0 Å². The zero-order chi connectivity index (χ0) is 19.1. The molecule has 0 bridgehead atoms. The average molecular weight is 370 g/mol. The van der Waals surface area contributed by atoms with E-state index in [0.717, 1.165) is 36.5 Å². The maximum Gasteiger partial charge on any atom is 0.232 e. The van der Waals surface area contributed by atoms with Gasteiger partial charge in [-0.15, -0.1) is 0 Å². The van der Waals surface area contributed by atoms with Crippen LogP contribution in [0.4, 0.5) is 23.1 Å². The van der Waals surface area contributed by atoms with Crippen LogP contribution >= 0.6 is 0 Å². The van der Waals surface area contributed by atoms with E-state index < -0.39 is 0 Å². The van der Waals surface area contributed by atoms with Crippen molar-refractivity contribution in [3.05, 3.63) is 71.4 Å². The second-order valence-corrected chi connectivity index (χ2v) is 7.65. The number of fused-ring (bicyclic) bond motifs is 2. The molecule has 0 amide bonds. The number of carbonyl (C=O) groups is 1. The van der Waals surface area contributed by atoms with E-state index in [1.807, 2.05) is 36.4 Å². The molecule has 140 valence electrons. The number of carbonyl (C=O) groups excluding carboxylic acids is 1.